The zero-order valence-corrected chi connectivity index (χ0v) is 9.40. The lowest BCUT2D eigenvalue weighted by Crippen LogP contribution is -2.31. The van der Waals surface area contributed by atoms with Gasteiger partial charge in [-0.25, -0.2) is 0 Å². The third kappa shape index (κ3) is 2.51. The van der Waals surface area contributed by atoms with Crippen molar-refractivity contribution in [3.8, 4) is 11.8 Å². The first-order valence-corrected chi connectivity index (χ1v) is 5.06. The van der Waals surface area contributed by atoms with Crippen LogP contribution in [0.15, 0.2) is 18.2 Å². The molecule has 0 unspecified atom stereocenters. The number of amides is 1. The zero-order chi connectivity index (χ0) is 12.1. The number of aryl methyl sites for hydroxylation is 1. The fourth-order valence-corrected chi connectivity index (χ4v) is 1.38. The maximum Gasteiger partial charge on any atom is 0.254 e. The lowest BCUT2D eigenvalue weighted by atomic mass is 10.1. The topological polar surface area (TPSA) is 64.3 Å². The highest BCUT2D eigenvalue weighted by Crippen LogP contribution is 2.17. The van der Waals surface area contributed by atoms with E-state index in [4.69, 9.17) is 5.26 Å². The van der Waals surface area contributed by atoms with Crippen molar-refractivity contribution in [3.63, 3.8) is 0 Å². The Morgan fingerprint density at radius 1 is 1.56 bits per heavy atom. The average Bonchev–Trinajstić information content (AvgIpc) is 2.28. The van der Waals surface area contributed by atoms with Crippen molar-refractivity contribution < 1.29 is 9.90 Å². The van der Waals surface area contributed by atoms with Crippen LogP contribution in [0.3, 0.4) is 0 Å². The molecule has 0 aliphatic rings. The summed E-state index contributed by atoms with van der Waals surface area (Å²) in [5.74, 6) is -0.0213. The number of aromatic hydroxyl groups is 1. The molecule has 0 aliphatic carbocycles. The van der Waals surface area contributed by atoms with Gasteiger partial charge >= 0.3 is 0 Å². The molecule has 1 N–H and O–H groups in total. The molecule has 0 aromatic heterocycles. The predicted molar refractivity (Wildman–Crippen MR) is 60.0 cm³/mol. The van der Waals surface area contributed by atoms with Gasteiger partial charge in [0.2, 0.25) is 0 Å². The molecule has 0 aliphatic heterocycles. The van der Waals surface area contributed by atoms with E-state index in [0.717, 1.165) is 0 Å². The van der Waals surface area contributed by atoms with E-state index in [0.29, 0.717) is 17.7 Å². The van der Waals surface area contributed by atoms with Crippen LogP contribution in [0.5, 0.6) is 5.75 Å². The quantitative estimate of drug-likeness (QED) is 0.785. The van der Waals surface area contributed by atoms with E-state index >= 15 is 0 Å². The van der Waals surface area contributed by atoms with Gasteiger partial charge in [0.25, 0.3) is 5.91 Å². The number of nitriles is 1. The molecule has 0 radical (unpaired) electrons. The maximum atomic E-state index is 11.9. The van der Waals surface area contributed by atoms with Crippen LogP contribution in [0.25, 0.3) is 0 Å². The van der Waals surface area contributed by atoms with Crippen LogP contribution in [0.1, 0.15) is 22.8 Å². The molecule has 1 aromatic rings. The molecule has 0 atom stereocenters. The number of phenolic OH excluding ortho intramolecular Hbond substituents is 1. The van der Waals surface area contributed by atoms with E-state index in [9.17, 15) is 9.90 Å². The van der Waals surface area contributed by atoms with E-state index in [-0.39, 0.29) is 18.2 Å². The van der Waals surface area contributed by atoms with Crippen molar-refractivity contribution in [2.45, 2.75) is 13.8 Å². The van der Waals surface area contributed by atoms with Crippen molar-refractivity contribution in [2.24, 2.45) is 0 Å². The van der Waals surface area contributed by atoms with Crippen molar-refractivity contribution >= 4 is 5.91 Å². The van der Waals surface area contributed by atoms with Gasteiger partial charge < -0.3 is 10.0 Å². The second-order valence-corrected chi connectivity index (χ2v) is 3.48. The molecule has 84 valence electrons. The van der Waals surface area contributed by atoms with Gasteiger partial charge in [0.1, 0.15) is 12.3 Å². The molecule has 1 amide bonds. The molecular formula is C12H14N2O2. The Hall–Kier alpha value is -2.02. The molecular weight excluding hydrogens is 204 g/mol. The SMILES string of the molecule is CCN(CC#N)C(=O)c1ccc(O)c(C)c1. The number of carbonyl (C=O) groups is 1. The van der Waals surface area contributed by atoms with Crippen molar-refractivity contribution in [1.29, 1.82) is 5.26 Å². The first-order valence-electron chi connectivity index (χ1n) is 5.06. The van der Waals surface area contributed by atoms with Gasteiger partial charge in [0, 0.05) is 12.1 Å². The minimum Gasteiger partial charge on any atom is -0.508 e. The summed E-state index contributed by atoms with van der Waals surface area (Å²) in [6.45, 7) is 4.12. The summed E-state index contributed by atoms with van der Waals surface area (Å²) in [5, 5.41) is 17.9. The number of carbonyl (C=O) groups excluding carboxylic acids is 1. The van der Waals surface area contributed by atoms with Gasteiger partial charge in [-0.05, 0) is 37.6 Å². The van der Waals surface area contributed by atoms with Crippen LogP contribution in [0.2, 0.25) is 0 Å². The normalized spacial score (nSPS) is 9.56. The molecule has 0 fully saturated rings. The summed E-state index contributed by atoms with van der Waals surface area (Å²) in [6.07, 6.45) is 0. The maximum absolute atomic E-state index is 11.9. The Morgan fingerprint density at radius 2 is 2.25 bits per heavy atom. The average molecular weight is 218 g/mol. The van der Waals surface area contributed by atoms with Crippen LogP contribution in [-0.4, -0.2) is 29.0 Å². The zero-order valence-electron chi connectivity index (χ0n) is 9.40. The highest BCUT2D eigenvalue weighted by Gasteiger charge is 2.14. The van der Waals surface area contributed by atoms with E-state index < -0.39 is 0 Å². The van der Waals surface area contributed by atoms with E-state index in [1.54, 1.807) is 19.1 Å². The lowest BCUT2D eigenvalue weighted by molar-refractivity contribution is 0.0784. The fourth-order valence-electron chi connectivity index (χ4n) is 1.38. The van der Waals surface area contributed by atoms with Gasteiger partial charge in [0.15, 0.2) is 0 Å². The Morgan fingerprint density at radius 3 is 2.75 bits per heavy atom. The molecule has 16 heavy (non-hydrogen) atoms. The van der Waals surface area contributed by atoms with E-state index in [1.165, 1.54) is 11.0 Å². The first-order chi connectivity index (χ1) is 7.60. The number of hydrogen-bond donors (Lipinski definition) is 1. The van der Waals surface area contributed by atoms with Gasteiger partial charge in [-0.2, -0.15) is 5.26 Å². The summed E-state index contributed by atoms with van der Waals surface area (Å²) >= 11 is 0. The van der Waals surface area contributed by atoms with Crippen LogP contribution >= 0.6 is 0 Å². The molecule has 0 spiro atoms. The monoisotopic (exact) mass is 218 g/mol. The highest BCUT2D eigenvalue weighted by molar-refractivity contribution is 5.94. The highest BCUT2D eigenvalue weighted by atomic mass is 16.3. The molecule has 0 heterocycles. The van der Waals surface area contributed by atoms with Crippen molar-refractivity contribution in [3.05, 3.63) is 29.3 Å². The van der Waals surface area contributed by atoms with E-state index in [2.05, 4.69) is 0 Å². The van der Waals surface area contributed by atoms with Crippen LogP contribution < -0.4 is 0 Å². The van der Waals surface area contributed by atoms with Gasteiger partial charge in [-0.3, -0.25) is 4.79 Å². The molecule has 1 aromatic carbocycles. The number of nitrogens with zero attached hydrogens (tertiary/aromatic N) is 2. The summed E-state index contributed by atoms with van der Waals surface area (Å²) in [6, 6.07) is 6.62. The van der Waals surface area contributed by atoms with Crippen LogP contribution in [0.4, 0.5) is 0 Å². The van der Waals surface area contributed by atoms with Crippen molar-refractivity contribution in [2.75, 3.05) is 13.1 Å². The lowest BCUT2D eigenvalue weighted by Gasteiger charge is -2.17. The Labute approximate surface area is 94.7 Å². The summed E-state index contributed by atoms with van der Waals surface area (Å²) in [7, 11) is 0. The predicted octanol–water partition coefficient (Wildman–Crippen LogP) is 1.69. The molecule has 0 bridgehead atoms. The summed E-state index contributed by atoms with van der Waals surface area (Å²) in [5.41, 5.74) is 1.14. The second-order valence-electron chi connectivity index (χ2n) is 3.48. The second kappa shape index (κ2) is 5.17. The smallest absolute Gasteiger partial charge is 0.254 e. The van der Waals surface area contributed by atoms with E-state index in [1.807, 2.05) is 13.0 Å². The Bertz CT molecular complexity index is 435. The Kier molecular flexibility index (Phi) is 3.90. The molecule has 0 saturated heterocycles. The summed E-state index contributed by atoms with van der Waals surface area (Å²) in [4.78, 5) is 13.4. The van der Waals surface area contributed by atoms with Crippen molar-refractivity contribution in [1.82, 2.24) is 4.90 Å². The Balaban J connectivity index is 2.95. The molecule has 1 rings (SSSR count). The van der Waals surface area contributed by atoms with Gasteiger partial charge in [-0.1, -0.05) is 0 Å². The number of hydrogen-bond acceptors (Lipinski definition) is 3. The van der Waals surface area contributed by atoms with Crippen LogP contribution in [-0.2, 0) is 0 Å². The molecule has 4 nitrogen and oxygen atoms in total. The largest absolute Gasteiger partial charge is 0.508 e. The van der Waals surface area contributed by atoms with Gasteiger partial charge in [0.05, 0.1) is 6.07 Å². The van der Waals surface area contributed by atoms with Crippen LogP contribution in [0, 0.1) is 18.3 Å². The number of rotatable bonds is 3. The third-order valence-corrected chi connectivity index (χ3v) is 2.37. The van der Waals surface area contributed by atoms with Gasteiger partial charge in [-0.15, -0.1) is 0 Å². The number of benzene rings is 1. The summed E-state index contributed by atoms with van der Waals surface area (Å²) < 4.78 is 0. The minimum atomic E-state index is -0.188. The number of phenols is 1. The standard InChI is InChI=1S/C12H14N2O2/c1-3-14(7-6-13)12(16)10-4-5-11(15)9(2)8-10/h4-5,8,15H,3,7H2,1-2H3. The molecule has 4 heteroatoms. The molecule has 0 saturated carbocycles. The minimum absolute atomic E-state index is 0.0786. The third-order valence-electron chi connectivity index (χ3n) is 2.37. The first kappa shape index (κ1) is 12.1. The fraction of sp³-hybridized carbons (Fsp3) is 0.333.